The molecule has 1 aromatic rings. The number of aliphatic carboxylic acids is 1. The summed E-state index contributed by atoms with van der Waals surface area (Å²) in [5.41, 5.74) is 1.25. The number of pyridine rings is 1. The summed E-state index contributed by atoms with van der Waals surface area (Å²) in [4.78, 5) is 17.0. The molecular formula is C12H13N3O2. The van der Waals surface area contributed by atoms with Crippen molar-refractivity contribution in [3.8, 4) is 6.07 Å². The van der Waals surface area contributed by atoms with Crippen molar-refractivity contribution in [1.82, 2.24) is 4.98 Å². The molecule has 0 saturated carbocycles. The van der Waals surface area contributed by atoms with E-state index in [1.54, 1.807) is 12.3 Å². The molecule has 1 aromatic heterocycles. The van der Waals surface area contributed by atoms with Crippen LogP contribution < -0.4 is 4.90 Å². The molecule has 1 N–H and O–H groups in total. The van der Waals surface area contributed by atoms with E-state index in [0.29, 0.717) is 18.8 Å². The first-order valence-electron chi connectivity index (χ1n) is 5.45. The number of nitriles is 1. The van der Waals surface area contributed by atoms with Crippen LogP contribution in [0.2, 0.25) is 0 Å². The van der Waals surface area contributed by atoms with E-state index < -0.39 is 5.97 Å². The zero-order valence-electron chi connectivity index (χ0n) is 9.50. The number of rotatable bonds is 2. The van der Waals surface area contributed by atoms with Gasteiger partial charge in [-0.15, -0.1) is 0 Å². The molecule has 2 heterocycles. The van der Waals surface area contributed by atoms with E-state index in [1.807, 2.05) is 24.0 Å². The van der Waals surface area contributed by atoms with Gasteiger partial charge in [0.15, 0.2) is 0 Å². The van der Waals surface area contributed by atoms with Crippen LogP contribution in [0.4, 0.5) is 5.69 Å². The van der Waals surface area contributed by atoms with E-state index in [4.69, 9.17) is 10.4 Å². The van der Waals surface area contributed by atoms with Gasteiger partial charge in [-0.25, -0.2) is 4.98 Å². The summed E-state index contributed by atoms with van der Waals surface area (Å²) in [5.74, 6) is -0.949. The summed E-state index contributed by atoms with van der Waals surface area (Å²) in [5, 5.41) is 17.7. The second kappa shape index (κ2) is 4.42. The van der Waals surface area contributed by atoms with Crippen molar-refractivity contribution in [3.05, 3.63) is 24.0 Å². The van der Waals surface area contributed by atoms with Crippen molar-refractivity contribution in [3.63, 3.8) is 0 Å². The minimum absolute atomic E-state index is 0.128. The highest BCUT2D eigenvalue weighted by Gasteiger charge is 2.34. The van der Waals surface area contributed by atoms with E-state index in [1.165, 1.54) is 0 Å². The fourth-order valence-electron chi connectivity index (χ4n) is 2.14. The molecule has 5 nitrogen and oxygen atoms in total. The maximum atomic E-state index is 11.0. The average molecular weight is 231 g/mol. The Balaban J connectivity index is 2.14. The zero-order chi connectivity index (χ0) is 12.4. The fourth-order valence-corrected chi connectivity index (χ4v) is 2.14. The first-order chi connectivity index (χ1) is 8.11. The highest BCUT2D eigenvalue weighted by molar-refractivity contribution is 5.72. The van der Waals surface area contributed by atoms with E-state index in [0.717, 1.165) is 5.69 Å². The van der Waals surface area contributed by atoms with Gasteiger partial charge in [0.1, 0.15) is 11.8 Å². The molecule has 0 spiro atoms. The Labute approximate surface area is 99.3 Å². The average Bonchev–Trinajstić information content (AvgIpc) is 2.71. The number of aromatic nitrogens is 1. The van der Waals surface area contributed by atoms with E-state index >= 15 is 0 Å². The number of hydrogen-bond acceptors (Lipinski definition) is 4. The number of hydrogen-bond donors (Lipinski definition) is 1. The molecule has 1 aliphatic rings. The lowest BCUT2D eigenvalue weighted by atomic mass is 9.99. The highest BCUT2D eigenvalue weighted by Crippen LogP contribution is 2.27. The molecule has 0 aliphatic carbocycles. The SMILES string of the molecule is C[C@@H]1CN(c2ccc(C#N)nc2)C[C@H]1C(=O)O. The van der Waals surface area contributed by atoms with Crippen LogP contribution in [-0.2, 0) is 4.79 Å². The number of nitrogens with zero attached hydrogens (tertiary/aromatic N) is 3. The summed E-state index contributed by atoms with van der Waals surface area (Å²) in [7, 11) is 0. The molecule has 0 radical (unpaired) electrons. The Bertz CT molecular complexity index is 464. The summed E-state index contributed by atoms with van der Waals surface area (Å²) in [6, 6.07) is 5.41. The quantitative estimate of drug-likeness (QED) is 0.825. The van der Waals surface area contributed by atoms with E-state index in [2.05, 4.69) is 4.98 Å². The Morgan fingerprint density at radius 3 is 2.82 bits per heavy atom. The second-order valence-corrected chi connectivity index (χ2v) is 4.34. The van der Waals surface area contributed by atoms with Gasteiger partial charge < -0.3 is 10.0 Å². The van der Waals surface area contributed by atoms with Crippen LogP contribution in [0, 0.1) is 23.2 Å². The Hall–Kier alpha value is -2.09. The molecule has 5 heteroatoms. The molecule has 2 rings (SSSR count). The van der Waals surface area contributed by atoms with E-state index in [9.17, 15) is 4.79 Å². The first-order valence-corrected chi connectivity index (χ1v) is 5.45. The predicted molar refractivity (Wildman–Crippen MR) is 61.5 cm³/mol. The van der Waals surface area contributed by atoms with Gasteiger partial charge in [-0.2, -0.15) is 5.26 Å². The minimum atomic E-state index is -0.749. The summed E-state index contributed by atoms with van der Waals surface area (Å²) in [6.45, 7) is 3.16. The Morgan fingerprint density at radius 1 is 1.59 bits per heavy atom. The van der Waals surface area contributed by atoms with Crippen molar-refractivity contribution in [2.24, 2.45) is 11.8 Å². The lowest BCUT2D eigenvalue weighted by molar-refractivity contribution is -0.142. The van der Waals surface area contributed by atoms with E-state index in [-0.39, 0.29) is 11.8 Å². The number of anilines is 1. The van der Waals surface area contributed by atoms with Crippen molar-refractivity contribution in [1.29, 1.82) is 5.26 Å². The number of carboxylic acid groups (broad SMARTS) is 1. The number of carbonyl (C=O) groups is 1. The first kappa shape index (κ1) is 11.4. The Morgan fingerprint density at radius 2 is 2.35 bits per heavy atom. The summed E-state index contributed by atoms with van der Waals surface area (Å²) in [6.07, 6.45) is 1.62. The molecular weight excluding hydrogens is 218 g/mol. The van der Waals surface area contributed by atoms with Crippen molar-refractivity contribution in [2.45, 2.75) is 6.92 Å². The minimum Gasteiger partial charge on any atom is -0.481 e. The molecule has 1 aliphatic heterocycles. The van der Waals surface area contributed by atoms with Gasteiger partial charge >= 0.3 is 5.97 Å². The monoisotopic (exact) mass is 231 g/mol. The highest BCUT2D eigenvalue weighted by atomic mass is 16.4. The second-order valence-electron chi connectivity index (χ2n) is 4.34. The molecule has 0 bridgehead atoms. The van der Waals surface area contributed by atoms with Crippen LogP contribution in [0.1, 0.15) is 12.6 Å². The van der Waals surface area contributed by atoms with Crippen LogP contribution in [0.25, 0.3) is 0 Å². The van der Waals surface area contributed by atoms with Crippen LogP contribution in [-0.4, -0.2) is 29.1 Å². The predicted octanol–water partition coefficient (Wildman–Crippen LogP) is 1.11. The lowest BCUT2D eigenvalue weighted by Crippen LogP contribution is -2.23. The third-order valence-electron chi connectivity index (χ3n) is 3.16. The lowest BCUT2D eigenvalue weighted by Gasteiger charge is -2.17. The molecule has 1 saturated heterocycles. The normalized spacial score (nSPS) is 23.4. The molecule has 0 amide bonds. The van der Waals surface area contributed by atoms with Gasteiger partial charge in [-0.3, -0.25) is 4.79 Å². The van der Waals surface area contributed by atoms with Gasteiger partial charge in [0, 0.05) is 13.1 Å². The summed E-state index contributed by atoms with van der Waals surface area (Å²) < 4.78 is 0. The molecule has 0 aromatic carbocycles. The Kier molecular flexibility index (Phi) is 2.96. The smallest absolute Gasteiger partial charge is 0.308 e. The maximum absolute atomic E-state index is 11.0. The van der Waals surface area contributed by atoms with Crippen molar-refractivity contribution in [2.75, 3.05) is 18.0 Å². The largest absolute Gasteiger partial charge is 0.481 e. The van der Waals surface area contributed by atoms with Crippen molar-refractivity contribution < 1.29 is 9.90 Å². The van der Waals surface area contributed by atoms with Crippen LogP contribution >= 0.6 is 0 Å². The third-order valence-corrected chi connectivity index (χ3v) is 3.16. The van der Waals surface area contributed by atoms with Crippen LogP contribution in [0.5, 0.6) is 0 Å². The third kappa shape index (κ3) is 2.21. The van der Waals surface area contributed by atoms with Gasteiger partial charge in [0.2, 0.25) is 0 Å². The van der Waals surface area contributed by atoms with Gasteiger partial charge in [-0.1, -0.05) is 6.92 Å². The van der Waals surface area contributed by atoms with Gasteiger partial charge in [0.25, 0.3) is 0 Å². The topological polar surface area (TPSA) is 77.2 Å². The molecule has 1 fully saturated rings. The van der Waals surface area contributed by atoms with Gasteiger partial charge in [0.05, 0.1) is 17.8 Å². The zero-order valence-corrected chi connectivity index (χ0v) is 9.50. The maximum Gasteiger partial charge on any atom is 0.308 e. The number of carboxylic acids is 1. The fraction of sp³-hybridized carbons (Fsp3) is 0.417. The van der Waals surface area contributed by atoms with Gasteiger partial charge in [-0.05, 0) is 18.1 Å². The van der Waals surface area contributed by atoms with Crippen molar-refractivity contribution >= 4 is 11.7 Å². The molecule has 2 atom stereocenters. The molecule has 0 unspecified atom stereocenters. The van der Waals surface area contributed by atoms with Crippen LogP contribution in [0.15, 0.2) is 18.3 Å². The molecule has 17 heavy (non-hydrogen) atoms. The molecule has 88 valence electrons. The van der Waals surface area contributed by atoms with Crippen LogP contribution in [0.3, 0.4) is 0 Å². The standard InChI is InChI=1S/C12H13N3O2/c1-8-6-15(7-11(8)12(16)17)10-3-2-9(4-13)14-5-10/h2-3,5,8,11H,6-7H2,1H3,(H,16,17)/t8-,11-/m1/s1. The summed E-state index contributed by atoms with van der Waals surface area (Å²) >= 11 is 0.